The van der Waals surface area contributed by atoms with E-state index in [9.17, 15) is 9.59 Å². The third kappa shape index (κ3) is 3.20. The number of benzene rings is 1. The molecule has 0 saturated carbocycles. The fourth-order valence-electron chi connectivity index (χ4n) is 2.06. The minimum atomic E-state index is -0.225. The fourth-order valence-corrected chi connectivity index (χ4v) is 2.71. The van der Waals surface area contributed by atoms with Crippen molar-refractivity contribution in [2.45, 2.75) is 19.5 Å². The van der Waals surface area contributed by atoms with Crippen LogP contribution in [0.1, 0.15) is 11.3 Å². The normalized spacial score (nSPS) is 10.7. The molecule has 2 aromatic heterocycles. The van der Waals surface area contributed by atoms with E-state index < -0.39 is 0 Å². The number of thiophene rings is 1. The highest BCUT2D eigenvalue weighted by atomic mass is 32.1. The van der Waals surface area contributed by atoms with E-state index in [1.807, 2.05) is 17.5 Å². The zero-order valence-corrected chi connectivity index (χ0v) is 12.5. The summed E-state index contributed by atoms with van der Waals surface area (Å²) in [6, 6.07) is 10.9. The number of aromatic nitrogens is 3. The average Bonchev–Trinajstić information content (AvgIpc) is 3.06. The van der Waals surface area contributed by atoms with Gasteiger partial charge in [0.1, 0.15) is 5.52 Å². The van der Waals surface area contributed by atoms with Crippen LogP contribution in [0.4, 0.5) is 0 Å². The van der Waals surface area contributed by atoms with Gasteiger partial charge in [0.2, 0.25) is 5.91 Å². The number of nitrogens with one attached hydrogen (secondary N) is 1. The van der Waals surface area contributed by atoms with Crippen molar-refractivity contribution < 1.29 is 4.79 Å². The maximum Gasteiger partial charge on any atom is 0.277 e. The number of nitrogens with zero attached hydrogens (tertiary/aromatic N) is 3. The first-order valence-corrected chi connectivity index (χ1v) is 7.73. The van der Waals surface area contributed by atoms with Gasteiger partial charge in [0, 0.05) is 11.3 Å². The van der Waals surface area contributed by atoms with E-state index in [0.29, 0.717) is 17.4 Å². The van der Waals surface area contributed by atoms with Crippen molar-refractivity contribution >= 4 is 28.1 Å². The molecule has 22 heavy (non-hydrogen) atoms. The number of hydrogen-bond acceptors (Lipinski definition) is 5. The molecule has 3 aromatic rings. The molecule has 0 bridgehead atoms. The molecular formula is C15H14N4O2S. The number of amides is 1. The van der Waals surface area contributed by atoms with Gasteiger partial charge in [0.15, 0.2) is 0 Å². The Morgan fingerprint density at radius 1 is 1.23 bits per heavy atom. The zero-order chi connectivity index (χ0) is 15.4. The Kier molecular flexibility index (Phi) is 4.24. The smallest absolute Gasteiger partial charge is 0.277 e. The molecule has 6 nitrogen and oxygen atoms in total. The molecule has 0 aliphatic carbocycles. The highest BCUT2D eigenvalue weighted by molar-refractivity contribution is 7.09. The van der Waals surface area contributed by atoms with Crippen molar-refractivity contribution in [2.75, 3.05) is 0 Å². The second kappa shape index (κ2) is 6.48. The summed E-state index contributed by atoms with van der Waals surface area (Å²) in [5.74, 6) is -0.116. The minimum Gasteiger partial charge on any atom is -0.351 e. The molecule has 0 radical (unpaired) electrons. The molecule has 1 aromatic carbocycles. The van der Waals surface area contributed by atoms with Crippen LogP contribution in [0.2, 0.25) is 0 Å². The van der Waals surface area contributed by atoms with Crippen molar-refractivity contribution in [1.82, 2.24) is 20.3 Å². The van der Waals surface area contributed by atoms with Crippen LogP contribution in [0.15, 0.2) is 46.6 Å². The predicted molar refractivity (Wildman–Crippen MR) is 84.6 cm³/mol. The molecule has 0 spiro atoms. The SMILES string of the molecule is O=C(CCn1nnc2ccccc2c1=O)NCc1cccs1. The van der Waals surface area contributed by atoms with Gasteiger partial charge in [-0.15, -0.1) is 16.4 Å². The van der Waals surface area contributed by atoms with Crippen LogP contribution in [0.5, 0.6) is 0 Å². The third-order valence-corrected chi connectivity index (χ3v) is 4.10. The Morgan fingerprint density at radius 3 is 2.91 bits per heavy atom. The second-order valence-electron chi connectivity index (χ2n) is 4.74. The van der Waals surface area contributed by atoms with Crippen LogP contribution < -0.4 is 10.9 Å². The van der Waals surface area contributed by atoms with E-state index in [0.717, 1.165) is 4.88 Å². The summed E-state index contributed by atoms with van der Waals surface area (Å²) in [5, 5.41) is 13.1. The Bertz CT molecular complexity index is 842. The lowest BCUT2D eigenvalue weighted by molar-refractivity contribution is -0.121. The number of carbonyl (C=O) groups excluding carboxylic acids is 1. The first-order chi connectivity index (χ1) is 10.7. The Hall–Kier alpha value is -2.54. The van der Waals surface area contributed by atoms with E-state index in [4.69, 9.17) is 0 Å². The lowest BCUT2D eigenvalue weighted by atomic mass is 10.2. The van der Waals surface area contributed by atoms with Crippen LogP contribution in [0.3, 0.4) is 0 Å². The monoisotopic (exact) mass is 314 g/mol. The van der Waals surface area contributed by atoms with Gasteiger partial charge in [-0.2, -0.15) is 0 Å². The molecule has 0 aliphatic rings. The van der Waals surface area contributed by atoms with Crippen molar-refractivity contribution in [2.24, 2.45) is 0 Å². The second-order valence-corrected chi connectivity index (χ2v) is 5.77. The van der Waals surface area contributed by atoms with Crippen LogP contribution >= 0.6 is 11.3 Å². The molecule has 2 heterocycles. The molecule has 0 saturated heterocycles. The topological polar surface area (TPSA) is 76.9 Å². The minimum absolute atomic E-state index is 0.116. The highest BCUT2D eigenvalue weighted by Crippen LogP contribution is 2.07. The summed E-state index contributed by atoms with van der Waals surface area (Å²) in [6.07, 6.45) is 0.193. The maximum atomic E-state index is 12.2. The Morgan fingerprint density at radius 2 is 2.09 bits per heavy atom. The summed E-state index contributed by atoms with van der Waals surface area (Å²) in [5.41, 5.74) is 0.336. The molecule has 3 rings (SSSR count). The lowest BCUT2D eigenvalue weighted by Crippen LogP contribution is -2.29. The van der Waals surface area contributed by atoms with Gasteiger partial charge in [-0.1, -0.05) is 23.4 Å². The molecule has 112 valence electrons. The summed E-state index contributed by atoms with van der Waals surface area (Å²) in [7, 11) is 0. The number of fused-ring (bicyclic) bond motifs is 1. The van der Waals surface area contributed by atoms with Gasteiger partial charge >= 0.3 is 0 Å². The zero-order valence-electron chi connectivity index (χ0n) is 11.7. The van der Waals surface area contributed by atoms with Crippen LogP contribution in [-0.2, 0) is 17.9 Å². The van der Waals surface area contributed by atoms with Gasteiger partial charge in [-0.3, -0.25) is 9.59 Å². The first-order valence-electron chi connectivity index (χ1n) is 6.85. The molecule has 0 unspecified atom stereocenters. The molecule has 0 atom stereocenters. The van der Waals surface area contributed by atoms with Gasteiger partial charge < -0.3 is 5.32 Å². The third-order valence-electron chi connectivity index (χ3n) is 3.22. The Balaban J connectivity index is 1.62. The standard InChI is InChI=1S/C15H14N4O2S/c20-14(16-10-11-4-3-9-22-11)7-8-19-15(21)12-5-1-2-6-13(12)17-18-19/h1-6,9H,7-8,10H2,(H,16,20). The summed E-state index contributed by atoms with van der Waals surface area (Å²) in [4.78, 5) is 25.1. The number of carbonyl (C=O) groups is 1. The largest absolute Gasteiger partial charge is 0.351 e. The van der Waals surface area contributed by atoms with Gasteiger partial charge in [0.25, 0.3) is 5.56 Å². The first kappa shape index (κ1) is 14.4. The Labute approximate surface area is 130 Å². The van der Waals surface area contributed by atoms with Gasteiger partial charge in [-0.25, -0.2) is 4.68 Å². The average molecular weight is 314 g/mol. The van der Waals surface area contributed by atoms with Crippen molar-refractivity contribution in [3.63, 3.8) is 0 Å². The van der Waals surface area contributed by atoms with E-state index in [2.05, 4.69) is 15.6 Å². The lowest BCUT2D eigenvalue weighted by Gasteiger charge is -2.05. The van der Waals surface area contributed by atoms with E-state index >= 15 is 0 Å². The maximum absolute atomic E-state index is 12.2. The van der Waals surface area contributed by atoms with Gasteiger partial charge in [0.05, 0.1) is 18.5 Å². The van der Waals surface area contributed by atoms with Crippen molar-refractivity contribution in [3.8, 4) is 0 Å². The summed E-state index contributed by atoms with van der Waals surface area (Å²) < 4.78 is 1.23. The molecule has 0 fully saturated rings. The van der Waals surface area contributed by atoms with Crippen LogP contribution in [0, 0.1) is 0 Å². The van der Waals surface area contributed by atoms with E-state index in [1.165, 1.54) is 4.68 Å². The van der Waals surface area contributed by atoms with E-state index in [1.54, 1.807) is 35.6 Å². The number of hydrogen-bond donors (Lipinski definition) is 1. The van der Waals surface area contributed by atoms with Crippen LogP contribution in [-0.4, -0.2) is 20.9 Å². The molecule has 1 amide bonds. The van der Waals surface area contributed by atoms with Crippen molar-refractivity contribution in [1.29, 1.82) is 0 Å². The summed E-state index contributed by atoms with van der Waals surface area (Å²) in [6.45, 7) is 0.724. The predicted octanol–water partition coefficient (Wildman–Crippen LogP) is 1.56. The molecule has 7 heteroatoms. The van der Waals surface area contributed by atoms with Gasteiger partial charge in [-0.05, 0) is 23.6 Å². The highest BCUT2D eigenvalue weighted by Gasteiger charge is 2.07. The number of aryl methyl sites for hydroxylation is 1. The molecule has 1 N–H and O–H groups in total. The van der Waals surface area contributed by atoms with Crippen LogP contribution in [0.25, 0.3) is 10.9 Å². The number of rotatable bonds is 5. The quantitative estimate of drug-likeness (QED) is 0.775. The molecule has 0 aliphatic heterocycles. The molecular weight excluding hydrogens is 300 g/mol. The van der Waals surface area contributed by atoms with E-state index in [-0.39, 0.29) is 24.4 Å². The van der Waals surface area contributed by atoms with Crippen molar-refractivity contribution in [3.05, 3.63) is 57.0 Å². The summed E-state index contributed by atoms with van der Waals surface area (Å²) >= 11 is 1.59. The fraction of sp³-hybridized carbons (Fsp3) is 0.200.